The molecule has 0 spiro atoms. The number of rotatable bonds is 6. The van der Waals surface area contributed by atoms with Crippen LogP contribution in [0, 0.1) is 29.1 Å². The average Bonchev–Trinajstić information content (AvgIpc) is 3.05. The Bertz CT molecular complexity index is 1410. The number of thiol groups is 1. The highest BCUT2D eigenvalue weighted by molar-refractivity contribution is 7.83. The quantitative estimate of drug-likeness (QED) is 0.0807. The predicted molar refractivity (Wildman–Crippen MR) is 186 cm³/mol. The molecule has 0 bridgehead atoms. The number of allylic oxidation sites excluding steroid dienone is 3. The van der Waals surface area contributed by atoms with E-state index in [1.165, 1.54) is 26.0 Å². The van der Waals surface area contributed by atoms with Gasteiger partial charge < -0.3 is 35.0 Å². The van der Waals surface area contributed by atoms with Crippen molar-refractivity contribution in [1.82, 2.24) is 0 Å². The molecule has 5 aliphatic carbocycles. The van der Waals surface area contributed by atoms with Gasteiger partial charge in [-0.15, -0.1) is 0 Å². The maximum Gasteiger partial charge on any atom is 0.333 e. The standard InChI is InChI=1S/C34H46B4O9S/c1-5-16(3)28(44)46-26-27(47-29(45)17(4)6-2)33(37,48)13-21-20-7-8-23-31(35)11-10-22(41)18(14-39)19(31)9-12-32(23,36)34(20,38)25(43)24(42)30(21,26)15-40/h5-7,18-19,21-27,39-43,48H,8-15H2,1-4H3/b16-5-,17-6-/t18-,19?,21?,22+,23?,24-,25+,26+,27+,30+,31-,32+,33-,34-/m1/s1. The molecule has 0 heterocycles. The van der Waals surface area contributed by atoms with Crippen LogP contribution in [0.3, 0.4) is 0 Å². The summed E-state index contributed by atoms with van der Waals surface area (Å²) < 4.78 is 10.2. The zero-order valence-electron chi connectivity index (χ0n) is 28.2. The molecule has 0 aromatic heterocycles. The predicted octanol–water partition coefficient (Wildman–Crippen LogP) is 1.37. The van der Waals surface area contributed by atoms with Gasteiger partial charge in [0.2, 0.25) is 0 Å². The van der Waals surface area contributed by atoms with Crippen LogP contribution < -0.4 is 0 Å². The number of hydrogen-bond acceptors (Lipinski definition) is 10. The molecule has 48 heavy (non-hydrogen) atoms. The van der Waals surface area contributed by atoms with Crippen LogP contribution in [-0.2, 0) is 19.1 Å². The van der Waals surface area contributed by atoms with E-state index in [4.69, 9.17) is 53.5 Å². The van der Waals surface area contributed by atoms with Crippen molar-refractivity contribution in [2.45, 2.75) is 117 Å². The summed E-state index contributed by atoms with van der Waals surface area (Å²) in [6.45, 7) is 5.31. The van der Waals surface area contributed by atoms with Crippen molar-refractivity contribution in [3.05, 3.63) is 34.9 Å². The molecular formula is C34H46B4O9S. The molecule has 5 rings (SSSR count). The number of ether oxygens (including phenoxy) is 2. The molecule has 4 fully saturated rings. The Kier molecular flexibility index (Phi) is 10.2. The van der Waals surface area contributed by atoms with Gasteiger partial charge in [0, 0.05) is 28.3 Å². The van der Waals surface area contributed by atoms with Crippen LogP contribution in [-0.4, -0.2) is 117 Å². The topological polar surface area (TPSA) is 154 Å². The van der Waals surface area contributed by atoms with E-state index in [1.54, 1.807) is 13.8 Å². The van der Waals surface area contributed by atoms with Crippen molar-refractivity contribution in [2.24, 2.45) is 29.1 Å². The van der Waals surface area contributed by atoms with Gasteiger partial charge in [-0.25, -0.2) is 9.59 Å². The Labute approximate surface area is 294 Å². The summed E-state index contributed by atoms with van der Waals surface area (Å²) in [5, 5.41) is 52.7. The second-order valence-corrected chi connectivity index (χ2v) is 15.9. The molecule has 0 aliphatic heterocycles. The summed E-state index contributed by atoms with van der Waals surface area (Å²) in [6.07, 6.45) is -0.840. The van der Waals surface area contributed by atoms with E-state index in [-0.39, 0.29) is 36.5 Å². The third-order valence-corrected chi connectivity index (χ3v) is 13.6. The second-order valence-electron chi connectivity index (χ2n) is 15.1. The van der Waals surface area contributed by atoms with Crippen LogP contribution in [0.5, 0.6) is 0 Å². The number of carbonyl (C=O) groups is 2. The molecule has 14 heteroatoms. The summed E-state index contributed by atoms with van der Waals surface area (Å²) in [6, 6.07) is 0. The first-order valence-corrected chi connectivity index (χ1v) is 17.3. The summed E-state index contributed by atoms with van der Waals surface area (Å²) in [7, 11) is 28.8. The van der Waals surface area contributed by atoms with Crippen LogP contribution >= 0.6 is 12.6 Å². The molecule has 254 valence electrons. The Hall–Kier alpha value is -1.43. The molecular weight excluding hydrogens is 628 g/mol. The molecule has 14 atom stereocenters. The molecule has 5 N–H and O–H groups in total. The fourth-order valence-electron chi connectivity index (χ4n) is 10.1. The fourth-order valence-corrected chi connectivity index (χ4v) is 10.5. The molecule has 0 aromatic rings. The largest absolute Gasteiger partial charge is 0.454 e. The van der Waals surface area contributed by atoms with Crippen molar-refractivity contribution in [3.8, 4) is 0 Å². The van der Waals surface area contributed by atoms with Gasteiger partial charge in [-0.1, -0.05) is 53.7 Å². The monoisotopic (exact) mass is 674 g/mol. The highest BCUT2D eigenvalue weighted by atomic mass is 32.1. The lowest BCUT2D eigenvalue weighted by Crippen LogP contribution is -2.75. The van der Waals surface area contributed by atoms with Crippen LogP contribution in [0.1, 0.15) is 66.2 Å². The first-order chi connectivity index (χ1) is 22.4. The smallest absolute Gasteiger partial charge is 0.333 e. The van der Waals surface area contributed by atoms with Crippen molar-refractivity contribution >= 4 is 56.0 Å². The minimum absolute atomic E-state index is 0.107. The van der Waals surface area contributed by atoms with Crippen molar-refractivity contribution in [2.75, 3.05) is 13.2 Å². The Morgan fingerprint density at radius 2 is 1.52 bits per heavy atom. The van der Waals surface area contributed by atoms with Gasteiger partial charge in [-0.2, -0.15) is 12.6 Å². The van der Waals surface area contributed by atoms with Gasteiger partial charge >= 0.3 is 11.9 Å². The summed E-state index contributed by atoms with van der Waals surface area (Å²) in [4.78, 5) is 26.5. The lowest BCUT2D eigenvalue weighted by atomic mass is 9.22. The van der Waals surface area contributed by atoms with E-state index in [9.17, 15) is 35.1 Å². The third-order valence-electron chi connectivity index (χ3n) is 13.2. The van der Waals surface area contributed by atoms with Gasteiger partial charge in [0.05, 0.1) is 61.7 Å². The Balaban J connectivity index is 1.68. The maximum absolute atomic E-state index is 13.4. The van der Waals surface area contributed by atoms with Gasteiger partial charge in [-0.05, 0) is 70.0 Å². The number of hydrogen-bond donors (Lipinski definition) is 6. The fraction of sp³-hybridized carbons (Fsp3) is 0.765. The van der Waals surface area contributed by atoms with Crippen LogP contribution in [0.25, 0.3) is 0 Å². The van der Waals surface area contributed by atoms with E-state index in [2.05, 4.69) is 0 Å². The van der Waals surface area contributed by atoms with Crippen molar-refractivity contribution < 1.29 is 44.6 Å². The average molecular weight is 674 g/mol. The zero-order chi connectivity index (χ0) is 35.8. The van der Waals surface area contributed by atoms with E-state index in [0.717, 1.165) is 0 Å². The molecule has 4 saturated carbocycles. The van der Waals surface area contributed by atoms with Crippen molar-refractivity contribution in [3.63, 3.8) is 0 Å². The minimum Gasteiger partial charge on any atom is -0.454 e. The maximum atomic E-state index is 13.4. The van der Waals surface area contributed by atoms with E-state index < -0.39 is 92.8 Å². The number of esters is 2. The van der Waals surface area contributed by atoms with Crippen molar-refractivity contribution in [1.29, 1.82) is 0 Å². The summed E-state index contributed by atoms with van der Waals surface area (Å²) in [5.74, 6) is -3.71. The van der Waals surface area contributed by atoms with Gasteiger partial charge in [0.15, 0.2) is 6.10 Å². The lowest BCUT2D eigenvalue weighted by Gasteiger charge is -2.73. The molecule has 0 saturated heterocycles. The molecule has 9 nitrogen and oxygen atoms in total. The van der Waals surface area contributed by atoms with Gasteiger partial charge in [0.25, 0.3) is 0 Å². The molecule has 5 aliphatic rings. The number of carbonyl (C=O) groups excluding carboxylic acids is 2. The van der Waals surface area contributed by atoms with Crippen LogP contribution in [0.2, 0.25) is 15.9 Å². The zero-order valence-corrected chi connectivity index (χ0v) is 29.1. The highest BCUT2D eigenvalue weighted by Crippen LogP contribution is 2.80. The Morgan fingerprint density at radius 3 is 2.06 bits per heavy atom. The number of aliphatic hydroxyl groups excluding tert-OH is 5. The molecule has 0 amide bonds. The molecule has 0 aromatic carbocycles. The van der Waals surface area contributed by atoms with Gasteiger partial charge in [-0.3, -0.25) is 0 Å². The second kappa shape index (κ2) is 13.0. The van der Waals surface area contributed by atoms with Crippen LogP contribution in [0.4, 0.5) is 0 Å². The Morgan fingerprint density at radius 1 is 0.938 bits per heavy atom. The highest BCUT2D eigenvalue weighted by Gasteiger charge is 2.75. The third kappa shape index (κ3) is 5.12. The van der Waals surface area contributed by atoms with Crippen LogP contribution in [0.15, 0.2) is 34.9 Å². The minimum atomic E-state index is -1.85. The normalized spacial score (nSPS) is 49.0. The van der Waals surface area contributed by atoms with E-state index in [0.29, 0.717) is 31.3 Å². The van der Waals surface area contributed by atoms with E-state index >= 15 is 0 Å². The first-order valence-electron chi connectivity index (χ1n) is 16.9. The molecule has 8 radical (unpaired) electrons. The number of fused-ring (bicyclic) bond motifs is 7. The summed E-state index contributed by atoms with van der Waals surface area (Å²) >= 11 is 4.77. The molecule has 3 unspecified atom stereocenters. The van der Waals surface area contributed by atoms with E-state index in [1.807, 2.05) is 6.08 Å². The lowest BCUT2D eigenvalue weighted by molar-refractivity contribution is -0.244. The number of aliphatic hydroxyl groups is 5. The van der Waals surface area contributed by atoms with Gasteiger partial charge in [0.1, 0.15) is 6.10 Å². The SMILES string of the molecule is [B][C@]12CC[C@H](O)[C@H](CO)C1CC[C@]1([B])C2CC=C2C3C[C@@]([B])(S)[C@@H](OC(=O)/C(C)=C\C)[C@H](OC(=O)/C(C)=C\C)[C@]3(CO)[C@H](O)[C@H](O)[C@]21[B]. The summed E-state index contributed by atoms with van der Waals surface area (Å²) in [5.41, 5.74) is -0.970. The first kappa shape index (κ1) is 37.8.